The predicted octanol–water partition coefficient (Wildman–Crippen LogP) is 3.86. The van der Waals surface area contributed by atoms with Gasteiger partial charge in [0.05, 0.1) is 0 Å². The van der Waals surface area contributed by atoms with Crippen molar-refractivity contribution in [2.45, 2.75) is 25.8 Å². The molecule has 0 saturated carbocycles. The van der Waals surface area contributed by atoms with Gasteiger partial charge in [0.1, 0.15) is 5.82 Å². The molecule has 0 bridgehead atoms. The molecule has 0 radical (unpaired) electrons. The Morgan fingerprint density at radius 2 is 2.28 bits per heavy atom. The molecule has 100 valence electrons. The van der Waals surface area contributed by atoms with Crippen LogP contribution in [0.5, 0.6) is 0 Å². The van der Waals surface area contributed by atoms with Gasteiger partial charge in [0.2, 0.25) is 0 Å². The van der Waals surface area contributed by atoms with E-state index in [2.05, 4.69) is 28.2 Å². The normalized spacial score (nSPS) is 23.5. The summed E-state index contributed by atoms with van der Waals surface area (Å²) in [7, 11) is 0. The molecule has 0 spiro atoms. The molecular formula is C14H19BrFNS. The molecule has 1 aliphatic rings. The third-order valence-electron chi connectivity index (χ3n) is 3.34. The lowest BCUT2D eigenvalue weighted by atomic mass is 9.95. The molecule has 1 aromatic carbocycles. The maximum Gasteiger partial charge on any atom is 0.123 e. The second-order valence-electron chi connectivity index (χ2n) is 4.80. The van der Waals surface area contributed by atoms with E-state index in [9.17, 15) is 4.39 Å². The highest BCUT2D eigenvalue weighted by atomic mass is 79.9. The molecule has 1 nitrogen and oxygen atoms in total. The Morgan fingerprint density at radius 1 is 1.44 bits per heavy atom. The molecule has 2 rings (SSSR count). The second kappa shape index (κ2) is 6.92. The number of hydrogen-bond acceptors (Lipinski definition) is 2. The topological polar surface area (TPSA) is 12.0 Å². The fourth-order valence-electron chi connectivity index (χ4n) is 2.34. The summed E-state index contributed by atoms with van der Waals surface area (Å²) in [6, 6.07) is 5.54. The van der Waals surface area contributed by atoms with Crippen molar-refractivity contribution in [3.05, 3.63) is 34.1 Å². The van der Waals surface area contributed by atoms with Gasteiger partial charge >= 0.3 is 0 Å². The zero-order valence-corrected chi connectivity index (χ0v) is 13.0. The van der Waals surface area contributed by atoms with Gasteiger partial charge in [-0.05, 0) is 54.8 Å². The molecule has 2 unspecified atom stereocenters. The molecule has 18 heavy (non-hydrogen) atoms. The van der Waals surface area contributed by atoms with Crippen LogP contribution in [-0.2, 0) is 6.42 Å². The maximum atomic E-state index is 13.3. The summed E-state index contributed by atoms with van der Waals surface area (Å²) in [6.07, 6.45) is 2.12. The third kappa shape index (κ3) is 3.72. The summed E-state index contributed by atoms with van der Waals surface area (Å²) in [4.78, 5) is 0. The second-order valence-corrected chi connectivity index (χ2v) is 6.73. The molecule has 4 heteroatoms. The fourth-order valence-corrected chi connectivity index (χ4v) is 4.18. The van der Waals surface area contributed by atoms with Gasteiger partial charge in [-0.1, -0.05) is 22.9 Å². The van der Waals surface area contributed by atoms with Crippen LogP contribution >= 0.6 is 27.7 Å². The van der Waals surface area contributed by atoms with E-state index in [4.69, 9.17) is 0 Å². The highest BCUT2D eigenvalue weighted by molar-refractivity contribution is 9.10. The average Bonchev–Trinajstić information content (AvgIpc) is 2.79. The summed E-state index contributed by atoms with van der Waals surface area (Å²) in [5, 5.41) is 3.61. The number of nitrogens with one attached hydrogen (secondary N) is 1. The first-order chi connectivity index (χ1) is 8.70. The lowest BCUT2D eigenvalue weighted by Gasteiger charge is -2.20. The van der Waals surface area contributed by atoms with Gasteiger partial charge in [-0.15, -0.1) is 0 Å². The SMILES string of the molecule is CCCNC1CSCC1Cc1cc(F)ccc1Br. The molecule has 0 amide bonds. The van der Waals surface area contributed by atoms with Crippen LogP contribution < -0.4 is 5.32 Å². The number of rotatable bonds is 5. The highest BCUT2D eigenvalue weighted by Crippen LogP contribution is 2.30. The zero-order valence-electron chi connectivity index (χ0n) is 10.6. The molecule has 2 atom stereocenters. The predicted molar refractivity (Wildman–Crippen MR) is 80.7 cm³/mol. The van der Waals surface area contributed by atoms with Gasteiger partial charge in [-0.25, -0.2) is 4.39 Å². The van der Waals surface area contributed by atoms with E-state index in [1.54, 1.807) is 12.1 Å². The molecule has 1 fully saturated rings. The Balaban J connectivity index is 2.01. The Bertz CT molecular complexity index is 399. The first-order valence-corrected chi connectivity index (χ1v) is 8.40. The highest BCUT2D eigenvalue weighted by Gasteiger charge is 2.27. The van der Waals surface area contributed by atoms with Crippen molar-refractivity contribution >= 4 is 27.7 Å². The van der Waals surface area contributed by atoms with E-state index < -0.39 is 0 Å². The minimum atomic E-state index is -0.142. The number of thioether (sulfide) groups is 1. The number of halogens is 2. The van der Waals surface area contributed by atoms with Gasteiger partial charge in [-0.3, -0.25) is 0 Å². The third-order valence-corrected chi connectivity index (χ3v) is 5.38. The molecule has 0 aromatic heterocycles. The molecule has 1 saturated heterocycles. The summed E-state index contributed by atoms with van der Waals surface area (Å²) < 4.78 is 14.3. The standard InChI is InChI=1S/C14H19BrFNS/c1-2-5-17-14-9-18-8-11(14)6-10-7-12(16)3-4-13(10)15/h3-4,7,11,14,17H,2,5-6,8-9H2,1H3. The molecule has 0 aliphatic carbocycles. The van der Waals surface area contributed by atoms with Crippen molar-refractivity contribution in [2.24, 2.45) is 5.92 Å². The first kappa shape index (κ1) is 14.4. The van der Waals surface area contributed by atoms with Crippen LogP contribution in [0, 0.1) is 11.7 Å². The van der Waals surface area contributed by atoms with Gasteiger partial charge in [0, 0.05) is 16.3 Å². The van der Waals surface area contributed by atoms with Crippen LogP contribution in [0.1, 0.15) is 18.9 Å². The smallest absolute Gasteiger partial charge is 0.123 e. The van der Waals surface area contributed by atoms with Gasteiger partial charge in [0.15, 0.2) is 0 Å². The molecule has 1 aromatic rings. The lowest BCUT2D eigenvalue weighted by molar-refractivity contribution is 0.424. The Kier molecular flexibility index (Phi) is 5.52. The minimum absolute atomic E-state index is 0.142. The summed E-state index contributed by atoms with van der Waals surface area (Å²) in [5.74, 6) is 2.82. The van der Waals surface area contributed by atoms with E-state index in [1.165, 1.54) is 17.6 Å². The van der Waals surface area contributed by atoms with Crippen molar-refractivity contribution in [1.82, 2.24) is 5.32 Å². The van der Waals surface area contributed by atoms with E-state index >= 15 is 0 Å². The molecule has 1 aliphatic heterocycles. The molecule has 1 heterocycles. The van der Waals surface area contributed by atoms with Crippen LogP contribution in [0.15, 0.2) is 22.7 Å². The van der Waals surface area contributed by atoms with E-state index in [0.717, 1.165) is 29.4 Å². The fraction of sp³-hybridized carbons (Fsp3) is 0.571. The van der Waals surface area contributed by atoms with Crippen LogP contribution in [0.2, 0.25) is 0 Å². The molecule has 1 N–H and O–H groups in total. The van der Waals surface area contributed by atoms with E-state index in [-0.39, 0.29) is 5.82 Å². The quantitative estimate of drug-likeness (QED) is 0.879. The summed E-state index contributed by atoms with van der Waals surface area (Å²) in [6.45, 7) is 3.26. The van der Waals surface area contributed by atoms with Crippen molar-refractivity contribution in [3.8, 4) is 0 Å². The van der Waals surface area contributed by atoms with Crippen molar-refractivity contribution in [2.75, 3.05) is 18.1 Å². The maximum absolute atomic E-state index is 13.3. The van der Waals surface area contributed by atoms with Gasteiger partial charge < -0.3 is 5.32 Å². The van der Waals surface area contributed by atoms with E-state index in [0.29, 0.717) is 12.0 Å². The molecular weight excluding hydrogens is 313 g/mol. The Morgan fingerprint density at radius 3 is 3.06 bits per heavy atom. The summed E-state index contributed by atoms with van der Waals surface area (Å²) in [5.41, 5.74) is 1.09. The lowest BCUT2D eigenvalue weighted by Crippen LogP contribution is -2.36. The van der Waals surface area contributed by atoms with E-state index in [1.807, 2.05) is 11.8 Å². The number of benzene rings is 1. The number of hydrogen-bond donors (Lipinski definition) is 1. The summed E-state index contributed by atoms with van der Waals surface area (Å²) >= 11 is 5.51. The minimum Gasteiger partial charge on any atom is -0.313 e. The van der Waals surface area contributed by atoms with Crippen LogP contribution in [0.25, 0.3) is 0 Å². The largest absolute Gasteiger partial charge is 0.313 e. The first-order valence-electron chi connectivity index (χ1n) is 6.45. The van der Waals surface area contributed by atoms with Gasteiger partial charge in [-0.2, -0.15) is 11.8 Å². The van der Waals surface area contributed by atoms with Gasteiger partial charge in [0.25, 0.3) is 0 Å². The Labute approximate surface area is 121 Å². The van der Waals surface area contributed by atoms with Crippen LogP contribution in [-0.4, -0.2) is 24.1 Å². The zero-order chi connectivity index (χ0) is 13.0. The average molecular weight is 332 g/mol. The van der Waals surface area contributed by atoms with Crippen molar-refractivity contribution in [3.63, 3.8) is 0 Å². The van der Waals surface area contributed by atoms with Crippen LogP contribution in [0.4, 0.5) is 4.39 Å². The van der Waals surface area contributed by atoms with Crippen molar-refractivity contribution < 1.29 is 4.39 Å². The Hall–Kier alpha value is -0.0600. The monoisotopic (exact) mass is 331 g/mol. The van der Waals surface area contributed by atoms with Crippen molar-refractivity contribution in [1.29, 1.82) is 0 Å². The van der Waals surface area contributed by atoms with Crippen LogP contribution in [0.3, 0.4) is 0 Å².